The average Bonchev–Trinajstić information content (AvgIpc) is 1.33. The summed E-state index contributed by atoms with van der Waals surface area (Å²) < 4.78 is 71.8. The van der Waals surface area contributed by atoms with Crippen LogP contribution in [0.3, 0.4) is 0 Å². The number of amides is 13. The number of piperidine rings is 1. The van der Waals surface area contributed by atoms with Crippen LogP contribution in [0, 0.1) is 41.4 Å². The zero-order valence-electron chi connectivity index (χ0n) is 66.7. The van der Waals surface area contributed by atoms with Crippen molar-refractivity contribution >= 4 is 88.4 Å². The number of hydrogen-bond donors (Lipinski definition) is 3. The van der Waals surface area contributed by atoms with Crippen molar-refractivity contribution in [3.63, 3.8) is 0 Å². The number of hydrogen-bond acceptors (Lipinski definition) is 13. The van der Waals surface area contributed by atoms with E-state index in [4.69, 9.17) is 11.6 Å². The normalized spacial score (nSPS) is 31.0. The fourth-order valence-electron chi connectivity index (χ4n) is 16.4. The number of likely N-dealkylation sites (N-methyl/N-ethyl adjacent to an activating group) is 8. The summed E-state index contributed by atoms with van der Waals surface area (Å²) in [7, 11) is 12.3. The van der Waals surface area contributed by atoms with Crippen molar-refractivity contribution in [2.75, 3.05) is 89.6 Å². The summed E-state index contributed by atoms with van der Waals surface area (Å²) in [4.78, 5) is 207. The van der Waals surface area contributed by atoms with E-state index in [-0.39, 0.29) is 89.0 Å². The van der Waals surface area contributed by atoms with Crippen LogP contribution in [0.1, 0.15) is 197 Å². The van der Waals surface area contributed by atoms with Crippen molar-refractivity contribution in [3.05, 3.63) is 0 Å². The first-order valence-corrected chi connectivity index (χ1v) is 39.4. The Bertz CT molecular complexity index is 3220. The van der Waals surface area contributed by atoms with Gasteiger partial charge >= 0.3 is 6.18 Å². The molecule has 3 aliphatic heterocycles. The molecule has 612 valence electrons. The highest BCUT2D eigenvalue weighted by molar-refractivity contribution is 6.21. The van der Waals surface area contributed by atoms with Gasteiger partial charge in [-0.3, -0.25) is 62.3 Å². The molecule has 0 radical (unpaired) electrons. The van der Waals surface area contributed by atoms with E-state index >= 15 is 24.0 Å². The number of rotatable bonds is 14. The van der Waals surface area contributed by atoms with Crippen molar-refractivity contribution in [2.45, 2.75) is 274 Å². The van der Waals surface area contributed by atoms with Gasteiger partial charge in [-0.15, -0.1) is 11.6 Å². The van der Waals surface area contributed by atoms with Gasteiger partial charge in [0.05, 0.1) is 25.3 Å². The van der Waals surface area contributed by atoms with Gasteiger partial charge in [-0.2, -0.15) is 13.2 Å². The molecular formula is C76H123ClF5N13O13. The number of nitrogens with one attached hydrogen (secondary N) is 3. The Kier molecular flexibility index (Phi) is 31.9. The minimum atomic E-state index is -4.59. The van der Waals surface area contributed by atoms with Gasteiger partial charge in [0.2, 0.25) is 76.8 Å². The van der Waals surface area contributed by atoms with Crippen molar-refractivity contribution in [1.82, 2.24) is 64.9 Å². The van der Waals surface area contributed by atoms with E-state index in [1.54, 1.807) is 20.8 Å². The van der Waals surface area contributed by atoms with E-state index in [0.29, 0.717) is 25.2 Å². The quantitative estimate of drug-likeness (QED) is 0.128. The molecule has 3 saturated carbocycles. The summed E-state index contributed by atoms with van der Waals surface area (Å²) in [6, 6.07) is -12.4. The van der Waals surface area contributed by atoms with Gasteiger partial charge in [0.25, 0.3) is 5.92 Å². The lowest BCUT2D eigenvalue weighted by atomic mass is 9.78. The second kappa shape index (κ2) is 38.3. The summed E-state index contributed by atoms with van der Waals surface area (Å²) in [6.07, 6.45) is -3.34. The Hall–Kier alpha value is -6.95. The van der Waals surface area contributed by atoms with Crippen molar-refractivity contribution in [2.24, 2.45) is 41.4 Å². The largest absolute Gasteiger partial charge is 0.393 e. The predicted molar refractivity (Wildman–Crippen MR) is 395 cm³/mol. The van der Waals surface area contributed by atoms with Gasteiger partial charge < -0.3 is 64.9 Å². The summed E-state index contributed by atoms with van der Waals surface area (Å²) in [5.41, 5.74) is -1.85. The zero-order valence-corrected chi connectivity index (χ0v) is 67.5. The molecule has 3 aliphatic carbocycles. The van der Waals surface area contributed by atoms with Crippen LogP contribution in [0.5, 0.6) is 0 Å². The summed E-state index contributed by atoms with van der Waals surface area (Å²) >= 11 is 6.42. The van der Waals surface area contributed by atoms with Crippen molar-refractivity contribution in [3.8, 4) is 0 Å². The van der Waals surface area contributed by atoms with E-state index in [2.05, 4.69) is 22.9 Å². The van der Waals surface area contributed by atoms with Gasteiger partial charge in [-0.05, 0) is 107 Å². The molecule has 3 unspecified atom stereocenters. The Labute approximate surface area is 640 Å². The molecule has 0 aromatic heterocycles. The lowest BCUT2D eigenvalue weighted by Gasteiger charge is -2.45. The average molecular weight is 1560 g/mol. The maximum absolute atomic E-state index is 15.7. The third-order valence-electron chi connectivity index (χ3n) is 24.5. The van der Waals surface area contributed by atoms with E-state index in [1.165, 1.54) is 99.8 Å². The maximum atomic E-state index is 15.7. The molecule has 6 fully saturated rings. The fraction of sp³-hybridized carbons (Fsp3) is 0.829. The number of halogens is 6. The Morgan fingerprint density at radius 1 is 0.620 bits per heavy atom. The number of alkyl halides is 6. The summed E-state index contributed by atoms with van der Waals surface area (Å²) in [5.74, 6) is -16.6. The van der Waals surface area contributed by atoms with Gasteiger partial charge in [-0.25, -0.2) is 8.78 Å². The molecule has 108 heavy (non-hydrogen) atoms. The Morgan fingerprint density at radius 3 is 1.74 bits per heavy atom. The molecule has 0 aromatic carbocycles. The van der Waals surface area contributed by atoms with Gasteiger partial charge in [0, 0.05) is 101 Å². The van der Waals surface area contributed by atoms with E-state index in [0.717, 1.165) is 45.3 Å². The monoisotopic (exact) mass is 1560 g/mol. The highest BCUT2D eigenvalue weighted by Crippen LogP contribution is 2.44. The maximum Gasteiger partial charge on any atom is 0.393 e. The van der Waals surface area contributed by atoms with Gasteiger partial charge in [0.15, 0.2) is 0 Å². The zero-order chi connectivity index (χ0) is 81.1. The number of carbonyl (C=O) groups excluding carboxylic acids is 13. The van der Waals surface area contributed by atoms with Crippen LogP contribution in [0.15, 0.2) is 0 Å². The number of carbonyl (C=O) groups is 13. The first-order valence-electron chi connectivity index (χ1n) is 39.0. The van der Waals surface area contributed by atoms with Gasteiger partial charge in [-0.1, -0.05) is 99.8 Å². The minimum absolute atomic E-state index is 0.00803. The molecule has 1 spiro atoms. The minimum Gasteiger partial charge on any atom is -0.347 e. The van der Waals surface area contributed by atoms with Crippen LogP contribution in [-0.4, -0.2) is 293 Å². The standard InChI is InChI=1S/C76H123ClF5N13O13/c1-18-46(6)62-71(106)88(12)48(8)66(101)95-35-30-54(95)70(105)91(15)57(40-50-24-22-45(5)23-25-50)69(104)87(11)43-59(96)83-53(29-27-49-26-28-51(52(77)39-49)76(80,81)82)67(102)90(14)56(41-61(98)94-36-33-75(78,79)34-37-94)65(100)85-74(31-20-21-32-74)73(108)93(17)63(47(7)19-2)72(107)92(16)58(68(103)86(9)10)42-60(97)89(13)55(38-44(3)4)64(99)84-62/h44-58,62-63H,18-43H2,1-17H3,(H,83,96)(H,84,99)(H,85,100)/t45?,46-,47-,48-,49?,50?,51?,52?,53-,54-,55-,56-,57-,58-,62-,63-/m0/s1. The summed E-state index contributed by atoms with van der Waals surface area (Å²) in [5, 5.41) is 7.17. The van der Waals surface area contributed by atoms with E-state index in [9.17, 15) is 60.3 Å². The highest BCUT2D eigenvalue weighted by atomic mass is 35.5. The molecule has 14 atom stereocenters. The smallest absolute Gasteiger partial charge is 0.347 e. The molecule has 32 heteroatoms. The van der Waals surface area contributed by atoms with Crippen LogP contribution in [-0.2, 0) is 62.3 Å². The van der Waals surface area contributed by atoms with Crippen LogP contribution < -0.4 is 16.0 Å². The molecule has 6 aliphatic rings. The molecule has 3 saturated heterocycles. The lowest BCUT2D eigenvalue weighted by molar-refractivity contribution is -0.182. The molecule has 13 amide bonds. The van der Waals surface area contributed by atoms with Crippen LogP contribution in [0.25, 0.3) is 0 Å². The molecule has 3 N–H and O–H groups in total. The molecule has 0 aromatic rings. The highest BCUT2D eigenvalue weighted by Gasteiger charge is 2.53. The third-order valence-corrected chi connectivity index (χ3v) is 25.0. The van der Waals surface area contributed by atoms with Crippen LogP contribution in [0.4, 0.5) is 22.0 Å². The molecule has 6 rings (SSSR count). The van der Waals surface area contributed by atoms with Gasteiger partial charge in [0.1, 0.15) is 59.9 Å². The third kappa shape index (κ3) is 22.0. The second-order valence-corrected chi connectivity index (χ2v) is 33.4. The Morgan fingerprint density at radius 2 is 1.20 bits per heavy atom. The number of fused-ring (bicyclic) bond motifs is 1. The number of likely N-dealkylation sites (tertiary alicyclic amines) is 1. The molecule has 0 bridgehead atoms. The Balaban J connectivity index is 1.49. The van der Waals surface area contributed by atoms with Crippen LogP contribution >= 0.6 is 11.6 Å². The molecule has 26 nitrogen and oxygen atoms in total. The summed E-state index contributed by atoms with van der Waals surface area (Å²) in [6.45, 7) is 12.8. The second-order valence-electron chi connectivity index (χ2n) is 32.9. The first kappa shape index (κ1) is 89.9. The van der Waals surface area contributed by atoms with E-state index < -0.39 is 223 Å². The fourth-order valence-corrected chi connectivity index (χ4v) is 16.9. The SMILES string of the molecule is CC[C@H](C)[C@@H]1NC(=O)[C@H](CC(C)C)N(C)C(=O)C[C@@H](C(=O)N(C)C)N(C)C(=O)[C@H]([C@@H](C)CC)N(C)C(=O)C2(CCCC2)NC(=O)[C@H](CC(=O)N2CCC(F)(F)CC2)N(C)C(=O)[C@H](CCC2CCC(C(F)(F)F)C(Cl)C2)NC(=O)CN(C)C(=O)[C@H](CC2CCC(C)CC2)N(C)C(=O)[C@@H]2CCN2C(=O)[C@H](C)N(C)C1=O. The van der Waals surface area contributed by atoms with Crippen molar-refractivity contribution in [1.29, 1.82) is 0 Å². The molecular weight excluding hydrogens is 1430 g/mol. The lowest BCUT2D eigenvalue weighted by Crippen LogP contribution is -2.65. The predicted octanol–water partition coefficient (Wildman–Crippen LogP) is 6.29. The van der Waals surface area contributed by atoms with Crippen molar-refractivity contribution < 1.29 is 84.3 Å². The topological polar surface area (TPSA) is 290 Å². The van der Waals surface area contributed by atoms with Crippen LogP contribution in [0.2, 0.25) is 0 Å². The molecule has 3 heterocycles. The first-order chi connectivity index (χ1) is 50.3. The number of nitrogens with zero attached hydrogens (tertiary/aromatic N) is 10. The van der Waals surface area contributed by atoms with E-state index in [1.807, 2.05) is 20.8 Å².